The minimum atomic E-state index is -0.174. The van der Waals surface area contributed by atoms with Gasteiger partial charge < -0.3 is 14.8 Å². The van der Waals surface area contributed by atoms with E-state index in [9.17, 15) is 4.79 Å². The molecule has 22 heavy (non-hydrogen) atoms. The van der Waals surface area contributed by atoms with Gasteiger partial charge in [-0.3, -0.25) is 4.79 Å². The SMILES string of the molecule is CC(C)[C@H](NC(=O)c1cc(Cl)c2c(c1)OCO2)c1cccs1. The van der Waals surface area contributed by atoms with Gasteiger partial charge in [0.15, 0.2) is 11.5 Å². The molecule has 1 aliphatic heterocycles. The van der Waals surface area contributed by atoms with Crippen LogP contribution in [0.25, 0.3) is 0 Å². The van der Waals surface area contributed by atoms with Crippen LogP contribution >= 0.6 is 22.9 Å². The Kier molecular flexibility index (Phi) is 4.27. The topological polar surface area (TPSA) is 47.6 Å². The van der Waals surface area contributed by atoms with Gasteiger partial charge in [0.05, 0.1) is 11.1 Å². The summed E-state index contributed by atoms with van der Waals surface area (Å²) in [5.74, 6) is 1.12. The lowest BCUT2D eigenvalue weighted by Crippen LogP contribution is -2.31. The molecule has 6 heteroatoms. The molecule has 116 valence electrons. The first-order valence-corrected chi connectivity index (χ1v) is 8.25. The van der Waals surface area contributed by atoms with Gasteiger partial charge in [-0.2, -0.15) is 0 Å². The van der Waals surface area contributed by atoms with Crippen LogP contribution in [0.15, 0.2) is 29.6 Å². The van der Waals surface area contributed by atoms with Crippen molar-refractivity contribution in [2.45, 2.75) is 19.9 Å². The molecular formula is C16H16ClNO3S. The third-order valence-corrected chi connectivity index (χ3v) is 4.73. The molecule has 2 heterocycles. The Balaban J connectivity index is 1.83. The van der Waals surface area contributed by atoms with Crippen molar-refractivity contribution in [1.29, 1.82) is 0 Å². The summed E-state index contributed by atoms with van der Waals surface area (Å²) >= 11 is 7.77. The first-order chi connectivity index (χ1) is 10.6. The Labute approximate surface area is 138 Å². The number of nitrogens with one attached hydrogen (secondary N) is 1. The summed E-state index contributed by atoms with van der Waals surface area (Å²) in [5.41, 5.74) is 0.469. The van der Waals surface area contributed by atoms with Crippen LogP contribution in [0.1, 0.15) is 35.1 Å². The van der Waals surface area contributed by atoms with Gasteiger partial charge in [-0.15, -0.1) is 11.3 Å². The molecule has 0 saturated carbocycles. The highest BCUT2D eigenvalue weighted by atomic mass is 35.5. The molecule has 1 amide bonds. The molecule has 2 aromatic rings. The summed E-state index contributed by atoms with van der Waals surface area (Å²) in [4.78, 5) is 13.7. The molecular weight excluding hydrogens is 322 g/mol. The van der Waals surface area contributed by atoms with Crippen molar-refractivity contribution >= 4 is 28.8 Å². The van der Waals surface area contributed by atoms with Crippen LogP contribution in [0.5, 0.6) is 11.5 Å². The maximum absolute atomic E-state index is 12.5. The summed E-state index contributed by atoms with van der Waals surface area (Å²) in [6.07, 6.45) is 0. The van der Waals surface area contributed by atoms with Crippen LogP contribution in [-0.2, 0) is 0 Å². The van der Waals surface area contributed by atoms with Crippen molar-refractivity contribution in [1.82, 2.24) is 5.32 Å². The molecule has 0 aliphatic carbocycles. The van der Waals surface area contributed by atoms with Crippen molar-refractivity contribution in [3.05, 3.63) is 45.1 Å². The molecule has 1 N–H and O–H groups in total. The molecule has 1 aromatic heterocycles. The standard InChI is InChI=1S/C16H16ClNO3S/c1-9(2)14(13-4-3-5-22-13)18-16(19)10-6-11(17)15-12(7-10)20-8-21-15/h3-7,9,14H,8H2,1-2H3,(H,18,19)/t14-/m0/s1. The van der Waals surface area contributed by atoms with Gasteiger partial charge in [0.25, 0.3) is 5.91 Å². The van der Waals surface area contributed by atoms with Gasteiger partial charge in [0.2, 0.25) is 6.79 Å². The lowest BCUT2D eigenvalue weighted by molar-refractivity contribution is 0.0926. The maximum atomic E-state index is 12.5. The van der Waals surface area contributed by atoms with Gasteiger partial charge in [-0.25, -0.2) is 0 Å². The third kappa shape index (κ3) is 2.91. The summed E-state index contributed by atoms with van der Waals surface area (Å²) < 4.78 is 10.6. The molecule has 3 rings (SSSR count). The molecule has 0 spiro atoms. The first-order valence-electron chi connectivity index (χ1n) is 6.99. The van der Waals surface area contributed by atoms with E-state index in [1.807, 2.05) is 17.5 Å². The van der Waals surface area contributed by atoms with E-state index in [4.69, 9.17) is 21.1 Å². The number of ether oxygens (including phenoxy) is 2. The average molecular weight is 338 g/mol. The number of amides is 1. The fourth-order valence-corrected chi connectivity index (χ4v) is 3.57. The molecule has 0 saturated heterocycles. The highest BCUT2D eigenvalue weighted by molar-refractivity contribution is 7.10. The van der Waals surface area contributed by atoms with E-state index in [1.54, 1.807) is 23.5 Å². The third-order valence-electron chi connectivity index (χ3n) is 3.49. The smallest absolute Gasteiger partial charge is 0.251 e. The Morgan fingerprint density at radius 2 is 2.18 bits per heavy atom. The Bertz CT molecular complexity index is 685. The number of hydrogen-bond donors (Lipinski definition) is 1. The van der Waals surface area contributed by atoms with Gasteiger partial charge in [0.1, 0.15) is 0 Å². The number of carbonyl (C=O) groups excluding carboxylic acids is 1. The number of benzene rings is 1. The van der Waals surface area contributed by atoms with E-state index in [0.717, 1.165) is 4.88 Å². The number of halogens is 1. The second kappa shape index (κ2) is 6.18. The summed E-state index contributed by atoms with van der Waals surface area (Å²) in [7, 11) is 0. The van der Waals surface area contributed by atoms with Crippen molar-refractivity contribution in [2.24, 2.45) is 5.92 Å². The van der Waals surface area contributed by atoms with Crippen LogP contribution in [0.3, 0.4) is 0 Å². The van der Waals surface area contributed by atoms with E-state index in [-0.39, 0.29) is 24.7 Å². The largest absolute Gasteiger partial charge is 0.454 e. The number of carbonyl (C=O) groups is 1. The first kappa shape index (κ1) is 15.2. The van der Waals surface area contributed by atoms with Crippen molar-refractivity contribution in [3.8, 4) is 11.5 Å². The summed E-state index contributed by atoms with van der Waals surface area (Å²) in [6, 6.07) is 7.25. The zero-order valence-electron chi connectivity index (χ0n) is 12.3. The summed E-state index contributed by atoms with van der Waals surface area (Å²) in [5, 5.41) is 5.46. The molecule has 0 radical (unpaired) electrons. The quantitative estimate of drug-likeness (QED) is 0.906. The average Bonchev–Trinajstić information content (AvgIpc) is 3.14. The molecule has 0 bridgehead atoms. The van der Waals surface area contributed by atoms with Gasteiger partial charge in [0, 0.05) is 10.4 Å². The van der Waals surface area contributed by atoms with Crippen LogP contribution in [-0.4, -0.2) is 12.7 Å². The molecule has 1 atom stereocenters. The Morgan fingerprint density at radius 3 is 2.86 bits per heavy atom. The van der Waals surface area contributed by atoms with E-state index in [1.165, 1.54) is 0 Å². The molecule has 1 aromatic carbocycles. The van der Waals surface area contributed by atoms with Crippen molar-refractivity contribution < 1.29 is 14.3 Å². The highest BCUT2D eigenvalue weighted by Gasteiger charge is 2.24. The van der Waals surface area contributed by atoms with Gasteiger partial charge >= 0.3 is 0 Å². The maximum Gasteiger partial charge on any atom is 0.251 e. The van der Waals surface area contributed by atoms with Crippen LogP contribution < -0.4 is 14.8 Å². The van der Waals surface area contributed by atoms with Crippen molar-refractivity contribution in [2.75, 3.05) is 6.79 Å². The molecule has 4 nitrogen and oxygen atoms in total. The van der Waals surface area contributed by atoms with E-state index < -0.39 is 0 Å². The fourth-order valence-electron chi connectivity index (χ4n) is 2.36. The number of thiophene rings is 1. The van der Waals surface area contributed by atoms with Crippen LogP contribution in [0, 0.1) is 5.92 Å². The van der Waals surface area contributed by atoms with E-state index >= 15 is 0 Å². The number of fused-ring (bicyclic) bond motifs is 1. The lowest BCUT2D eigenvalue weighted by atomic mass is 10.0. The van der Waals surface area contributed by atoms with E-state index in [0.29, 0.717) is 22.1 Å². The minimum Gasteiger partial charge on any atom is -0.454 e. The predicted octanol–water partition coefficient (Wildman–Crippen LogP) is 4.26. The van der Waals surface area contributed by atoms with Gasteiger partial charge in [-0.05, 0) is 29.5 Å². The zero-order valence-corrected chi connectivity index (χ0v) is 13.8. The zero-order chi connectivity index (χ0) is 15.7. The normalized spacial score (nSPS) is 14.2. The Hall–Kier alpha value is -1.72. The van der Waals surface area contributed by atoms with E-state index in [2.05, 4.69) is 19.2 Å². The fraction of sp³-hybridized carbons (Fsp3) is 0.312. The molecule has 0 unspecified atom stereocenters. The monoisotopic (exact) mass is 337 g/mol. The lowest BCUT2D eigenvalue weighted by Gasteiger charge is -2.21. The second-order valence-electron chi connectivity index (χ2n) is 5.40. The van der Waals surface area contributed by atoms with Gasteiger partial charge in [-0.1, -0.05) is 31.5 Å². The Morgan fingerprint density at radius 1 is 1.36 bits per heavy atom. The highest BCUT2D eigenvalue weighted by Crippen LogP contribution is 2.40. The van der Waals surface area contributed by atoms with Crippen LogP contribution in [0.4, 0.5) is 0 Å². The minimum absolute atomic E-state index is 0.0308. The van der Waals surface area contributed by atoms with Crippen molar-refractivity contribution in [3.63, 3.8) is 0 Å². The summed E-state index contributed by atoms with van der Waals surface area (Å²) in [6.45, 7) is 4.29. The molecule has 1 aliphatic rings. The number of hydrogen-bond acceptors (Lipinski definition) is 4. The number of rotatable bonds is 4. The van der Waals surface area contributed by atoms with Crippen LogP contribution in [0.2, 0.25) is 5.02 Å². The second-order valence-corrected chi connectivity index (χ2v) is 6.79. The molecule has 0 fully saturated rings. The predicted molar refractivity (Wildman–Crippen MR) is 86.9 cm³/mol.